The van der Waals surface area contributed by atoms with Gasteiger partial charge in [-0.3, -0.25) is 4.79 Å². The maximum Gasteiger partial charge on any atom is 0.306 e. The van der Waals surface area contributed by atoms with Gasteiger partial charge in [-0.2, -0.15) is 4.98 Å². The molecule has 0 aliphatic rings. The highest BCUT2D eigenvalue weighted by atomic mass is 16.5. The summed E-state index contributed by atoms with van der Waals surface area (Å²) in [6, 6.07) is 8.00. The monoisotopic (exact) mass is 439 g/mol. The number of hydrogen-bond acceptors (Lipinski definition) is 7. The zero-order valence-electron chi connectivity index (χ0n) is 19.2. The number of nitrogens with two attached hydrogens (primary N) is 1. The van der Waals surface area contributed by atoms with Crippen LogP contribution < -0.4 is 15.8 Å². The van der Waals surface area contributed by atoms with Crippen molar-refractivity contribution >= 4 is 28.8 Å². The van der Waals surface area contributed by atoms with Gasteiger partial charge in [-0.05, 0) is 37.5 Å². The number of anilines is 2. The van der Waals surface area contributed by atoms with Crippen LogP contribution in [0.25, 0.3) is 11.0 Å². The number of rotatable bonds is 12. The van der Waals surface area contributed by atoms with E-state index in [1.54, 1.807) is 7.11 Å². The number of aromatic nitrogens is 3. The lowest BCUT2D eigenvalue weighted by molar-refractivity contribution is -0.143. The first-order valence-corrected chi connectivity index (χ1v) is 11.2. The first-order chi connectivity index (χ1) is 15.5. The highest BCUT2D eigenvalue weighted by molar-refractivity contribution is 5.87. The largest absolute Gasteiger partial charge is 0.496 e. The quantitative estimate of drug-likeness (QED) is 0.322. The van der Waals surface area contributed by atoms with Crippen LogP contribution in [0.2, 0.25) is 0 Å². The van der Waals surface area contributed by atoms with Crippen molar-refractivity contribution in [2.75, 3.05) is 31.3 Å². The number of carbonyl (C=O) groups excluding carboxylic acids is 1. The summed E-state index contributed by atoms with van der Waals surface area (Å²) >= 11 is 0. The SMILES string of the molecule is CCCCCNc1nc(N)nc2ccn(Cc3ccc(CCC(=O)OCC)cc3OC)c12. The Balaban J connectivity index is 1.81. The Bertz CT molecular complexity index is 1050. The van der Waals surface area contributed by atoms with E-state index in [1.165, 1.54) is 0 Å². The maximum atomic E-state index is 11.7. The van der Waals surface area contributed by atoms with E-state index in [-0.39, 0.29) is 11.9 Å². The molecule has 8 nitrogen and oxygen atoms in total. The Kier molecular flexibility index (Phi) is 8.30. The Labute approximate surface area is 189 Å². The van der Waals surface area contributed by atoms with Crippen LogP contribution in [0.5, 0.6) is 5.75 Å². The van der Waals surface area contributed by atoms with Gasteiger partial charge in [0.25, 0.3) is 0 Å². The Morgan fingerprint density at radius 3 is 2.78 bits per heavy atom. The van der Waals surface area contributed by atoms with E-state index in [9.17, 15) is 4.79 Å². The number of carbonyl (C=O) groups is 1. The van der Waals surface area contributed by atoms with E-state index in [0.29, 0.717) is 26.0 Å². The number of methoxy groups -OCH3 is 1. The molecule has 0 spiro atoms. The topological polar surface area (TPSA) is 104 Å². The lowest BCUT2D eigenvalue weighted by Gasteiger charge is -2.14. The average Bonchev–Trinajstić information content (AvgIpc) is 3.18. The molecule has 172 valence electrons. The van der Waals surface area contributed by atoms with Gasteiger partial charge in [0.15, 0.2) is 5.82 Å². The number of fused-ring (bicyclic) bond motifs is 1. The molecule has 2 aromatic heterocycles. The van der Waals surface area contributed by atoms with Crippen LogP contribution in [-0.2, 0) is 22.5 Å². The van der Waals surface area contributed by atoms with Gasteiger partial charge in [-0.1, -0.05) is 31.9 Å². The number of nitrogen functional groups attached to an aromatic ring is 1. The van der Waals surface area contributed by atoms with Crippen LogP contribution in [0, 0.1) is 0 Å². The summed E-state index contributed by atoms with van der Waals surface area (Å²) in [5, 5.41) is 3.42. The lowest BCUT2D eigenvalue weighted by atomic mass is 10.1. The Hall–Kier alpha value is -3.29. The van der Waals surface area contributed by atoms with Crippen molar-refractivity contribution in [1.82, 2.24) is 14.5 Å². The van der Waals surface area contributed by atoms with E-state index in [2.05, 4.69) is 26.8 Å². The van der Waals surface area contributed by atoms with Crippen LogP contribution in [-0.4, -0.2) is 40.8 Å². The van der Waals surface area contributed by atoms with Crippen molar-refractivity contribution < 1.29 is 14.3 Å². The molecule has 3 rings (SSSR count). The molecule has 0 saturated carbocycles. The van der Waals surface area contributed by atoms with Crippen molar-refractivity contribution in [3.63, 3.8) is 0 Å². The molecule has 32 heavy (non-hydrogen) atoms. The number of aryl methyl sites for hydroxylation is 1. The maximum absolute atomic E-state index is 11.7. The summed E-state index contributed by atoms with van der Waals surface area (Å²) in [5.74, 6) is 1.60. The summed E-state index contributed by atoms with van der Waals surface area (Å²) in [7, 11) is 1.66. The smallest absolute Gasteiger partial charge is 0.306 e. The van der Waals surface area contributed by atoms with Crippen LogP contribution in [0.4, 0.5) is 11.8 Å². The van der Waals surface area contributed by atoms with Crippen molar-refractivity contribution in [2.45, 2.75) is 52.5 Å². The standard InChI is InChI=1S/C24H33N5O3/c1-4-6-7-13-26-23-22-19(27-24(25)28-23)12-14-29(22)16-18-10-8-17(15-20(18)31-3)9-11-21(30)32-5-2/h8,10,12,14-15H,4-7,9,11,13,16H2,1-3H3,(H3,25,26,27,28). The molecule has 1 aromatic carbocycles. The summed E-state index contributed by atoms with van der Waals surface area (Å²) in [6.07, 6.45) is 6.35. The molecule has 2 heterocycles. The molecular weight excluding hydrogens is 406 g/mol. The predicted octanol–water partition coefficient (Wildman–Crippen LogP) is 4.17. The van der Waals surface area contributed by atoms with Gasteiger partial charge < -0.3 is 25.1 Å². The molecule has 0 saturated heterocycles. The number of nitrogens with one attached hydrogen (secondary N) is 1. The van der Waals surface area contributed by atoms with E-state index in [1.807, 2.05) is 37.4 Å². The minimum atomic E-state index is -0.187. The third kappa shape index (κ3) is 5.90. The fourth-order valence-electron chi connectivity index (χ4n) is 3.70. The van der Waals surface area contributed by atoms with Gasteiger partial charge in [0.05, 0.1) is 25.8 Å². The number of benzene rings is 1. The first-order valence-electron chi connectivity index (χ1n) is 11.2. The second-order valence-corrected chi connectivity index (χ2v) is 7.69. The lowest BCUT2D eigenvalue weighted by Crippen LogP contribution is -2.09. The van der Waals surface area contributed by atoms with Gasteiger partial charge in [0.2, 0.25) is 5.95 Å². The molecule has 3 N–H and O–H groups in total. The van der Waals surface area contributed by atoms with Gasteiger partial charge in [0, 0.05) is 24.7 Å². The third-order valence-electron chi connectivity index (χ3n) is 5.32. The van der Waals surface area contributed by atoms with Gasteiger partial charge in [0.1, 0.15) is 11.3 Å². The van der Waals surface area contributed by atoms with E-state index >= 15 is 0 Å². The average molecular weight is 440 g/mol. The molecule has 0 atom stereocenters. The normalized spacial score (nSPS) is 11.0. The fourth-order valence-corrected chi connectivity index (χ4v) is 3.70. The summed E-state index contributed by atoms with van der Waals surface area (Å²) in [4.78, 5) is 20.5. The molecule has 8 heteroatoms. The minimum absolute atomic E-state index is 0.187. The minimum Gasteiger partial charge on any atom is -0.496 e. The number of hydrogen-bond donors (Lipinski definition) is 2. The summed E-state index contributed by atoms with van der Waals surface area (Å²) in [6.45, 7) is 5.83. The second-order valence-electron chi connectivity index (χ2n) is 7.69. The van der Waals surface area contributed by atoms with Crippen molar-refractivity contribution in [1.29, 1.82) is 0 Å². The highest BCUT2D eigenvalue weighted by Gasteiger charge is 2.14. The fraction of sp³-hybridized carbons (Fsp3) is 0.458. The summed E-state index contributed by atoms with van der Waals surface area (Å²) in [5.41, 5.74) is 9.71. The molecule has 0 bridgehead atoms. The first kappa shape index (κ1) is 23.4. The molecule has 0 radical (unpaired) electrons. The zero-order valence-corrected chi connectivity index (χ0v) is 19.2. The Morgan fingerprint density at radius 2 is 2.03 bits per heavy atom. The molecule has 0 aliphatic heterocycles. The number of ether oxygens (including phenoxy) is 2. The van der Waals surface area contributed by atoms with Gasteiger partial charge in [-0.25, -0.2) is 4.98 Å². The Morgan fingerprint density at radius 1 is 1.19 bits per heavy atom. The van der Waals surface area contributed by atoms with E-state index < -0.39 is 0 Å². The van der Waals surface area contributed by atoms with Crippen molar-refractivity contribution in [2.24, 2.45) is 0 Å². The molecule has 0 unspecified atom stereocenters. The number of nitrogens with zero attached hydrogens (tertiary/aromatic N) is 3. The zero-order chi connectivity index (χ0) is 22.9. The van der Waals surface area contributed by atoms with E-state index in [4.69, 9.17) is 15.2 Å². The number of esters is 1. The van der Waals surface area contributed by atoms with Crippen molar-refractivity contribution in [3.8, 4) is 5.75 Å². The van der Waals surface area contributed by atoms with Crippen LogP contribution >= 0.6 is 0 Å². The molecule has 0 fully saturated rings. The molecule has 3 aromatic rings. The van der Waals surface area contributed by atoms with E-state index in [0.717, 1.165) is 59.5 Å². The van der Waals surface area contributed by atoms with Crippen LogP contribution in [0.3, 0.4) is 0 Å². The number of unbranched alkanes of at least 4 members (excludes halogenated alkanes) is 2. The highest BCUT2D eigenvalue weighted by Crippen LogP contribution is 2.27. The summed E-state index contributed by atoms with van der Waals surface area (Å²) < 4.78 is 12.8. The van der Waals surface area contributed by atoms with Crippen molar-refractivity contribution in [3.05, 3.63) is 41.6 Å². The third-order valence-corrected chi connectivity index (χ3v) is 5.32. The van der Waals surface area contributed by atoms with Gasteiger partial charge in [-0.15, -0.1) is 0 Å². The molecular formula is C24H33N5O3. The molecule has 0 aliphatic carbocycles. The van der Waals surface area contributed by atoms with Gasteiger partial charge >= 0.3 is 5.97 Å². The van der Waals surface area contributed by atoms with Crippen LogP contribution in [0.1, 0.15) is 50.7 Å². The van der Waals surface area contributed by atoms with Crippen LogP contribution in [0.15, 0.2) is 30.5 Å². The predicted molar refractivity (Wildman–Crippen MR) is 127 cm³/mol. The molecule has 0 amide bonds. The second kappa shape index (κ2) is 11.4.